The molecule has 0 aromatic carbocycles. The highest BCUT2D eigenvalue weighted by Gasteiger charge is 2.09. The molecular weight excluding hydrogens is 471 g/mol. The van der Waals surface area contributed by atoms with Crippen LogP contribution in [-0.4, -0.2) is 35.6 Å². The summed E-state index contributed by atoms with van der Waals surface area (Å²) in [7, 11) is 4.10. The van der Waals surface area contributed by atoms with Crippen molar-refractivity contribution in [1.29, 1.82) is 0 Å². The van der Waals surface area contributed by atoms with Gasteiger partial charge in [0.2, 0.25) is 0 Å². The van der Waals surface area contributed by atoms with Crippen LogP contribution in [0.4, 0.5) is 0 Å². The second-order valence-corrected chi connectivity index (χ2v) is 6.10. The minimum Gasteiger partial charge on any atom is -0.469 e. The third kappa shape index (κ3) is 6.21. The molecule has 2 aromatic heterocycles. The Bertz CT molecular complexity index is 610. The first-order valence-electron chi connectivity index (χ1n) is 7.42. The number of rotatable bonds is 6. The summed E-state index contributed by atoms with van der Waals surface area (Å²) in [6.07, 6.45) is 4.57. The van der Waals surface area contributed by atoms with Crippen molar-refractivity contribution in [3.05, 3.63) is 46.6 Å². The highest BCUT2D eigenvalue weighted by Crippen LogP contribution is 2.15. The van der Waals surface area contributed by atoms with Gasteiger partial charge in [-0.1, -0.05) is 0 Å². The van der Waals surface area contributed by atoms with E-state index in [1.54, 1.807) is 6.26 Å². The van der Waals surface area contributed by atoms with Crippen molar-refractivity contribution in [2.45, 2.75) is 19.9 Å². The number of halogens is 2. The van der Waals surface area contributed by atoms with Crippen LogP contribution in [0.15, 0.2) is 44.5 Å². The monoisotopic (exact) mass is 494 g/mol. The Morgan fingerprint density at radius 3 is 2.83 bits per heavy atom. The molecule has 2 rings (SSSR count). The van der Waals surface area contributed by atoms with Crippen molar-refractivity contribution in [3.63, 3.8) is 0 Å². The van der Waals surface area contributed by atoms with Crippen molar-refractivity contribution in [2.75, 3.05) is 20.1 Å². The quantitative estimate of drug-likeness (QED) is 0.379. The first kappa shape index (κ1) is 20.1. The summed E-state index contributed by atoms with van der Waals surface area (Å²) < 4.78 is 8.55. The maximum absolute atomic E-state index is 5.34. The van der Waals surface area contributed by atoms with Gasteiger partial charge in [-0.25, -0.2) is 0 Å². The van der Waals surface area contributed by atoms with Gasteiger partial charge >= 0.3 is 0 Å². The Morgan fingerprint density at radius 1 is 1.48 bits per heavy atom. The molecule has 128 valence electrons. The maximum Gasteiger partial charge on any atom is 0.194 e. The Morgan fingerprint density at radius 2 is 2.26 bits per heavy atom. The number of aryl methyl sites for hydroxylation is 1. The molecule has 0 unspecified atom stereocenters. The topological polar surface area (TPSA) is 45.7 Å². The van der Waals surface area contributed by atoms with Crippen molar-refractivity contribution < 1.29 is 4.42 Å². The fourth-order valence-electron chi connectivity index (χ4n) is 2.24. The first-order valence-corrected chi connectivity index (χ1v) is 8.22. The first-order chi connectivity index (χ1) is 10.6. The minimum absolute atomic E-state index is 0. The summed E-state index contributed by atoms with van der Waals surface area (Å²) in [4.78, 5) is 6.80. The number of aliphatic imine (C=N–C) groups is 1. The van der Waals surface area contributed by atoms with Gasteiger partial charge in [0.1, 0.15) is 5.76 Å². The van der Waals surface area contributed by atoms with Crippen LogP contribution in [0.2, 0.25) is 0 Å². The number of nitrogens with zero attached hydrogens (tertiary/aromatic N) is 3. The SMILES string of the molecule is CCNC(=NCCc1ccco1)N(C)Cc1cc(Br)cn1C.I. The van der Waals surface area contributed by atoms with E-state index in [-0.39, 0.29) is 24.0 Å². The molecule has 0 atom stereocenters. The Kier molecular flexibility index (Phi) is 8.75. The van der Waals surface area contributed by atoms with Crippen molar-refractivity contribution >= 4 is 45.9 Å². The molecule has 5 nitrogen and oxygen atoms in total. The van der Waals surface area contributed by atoms with E-state index in [1.165, 1.54) is 5.69 Å². The molecule has 0 aliphatic heterocycles. The van der Waals surface area contributed by atoms with Gasteiger partial charge in [0.25, 0.3) is 0 Å². The van der Waals surface area contributed by atoms with E-state index >= 15 is 0 Å². The number of furan rings is 1. The van der Waals surface area contributed by atoms with E-state index < -0.39 is 0 Å². The molecule has 0 radical (unpaired) electrons. The maximum atomic E-state index is 5.34. The molecule has 0 fully saturated rings. The lowest BCUT2D eigenvalue weighted by Crippen LogP contribution is -2.39. The third-order valence-electron chi connectivity index (χ3n) is 3.37. The number of nitrogens with one attached hydrogen (secondary N) is 1. The zero-order valence-electron chi connectivity index (χ0n) is 13.8. The molecule has 7 heteroatoms. The predicted molar refractivity (Wildman–Crippen MR) is 108 cm³/mol. The zero-order valence-corrected chi connectivity index (χ0v) is 17.7. The predicted octanol–water partition coefficient (Wildman–Crippen LogP) is 3.64. The van der Waals surface area contributed by atoms with Gasteiger partial charge in [0, 0.05) is 50.0 Å². The molecule has 1 N–H and O–H groups in total. The molecule has 0 amide bonds. The summed E-state index contributed by atoms with van der Waals surface area (Å²) in [6, 6.07) is 6.01. The molecule has 0 aliphatic rings. The normalized spacial score (nSPS) is 11.2. The molecule has 0 aliphatic carbocycles. The smallest absolute Gasteiger partial charge is 0.194 e. The Hall–Kier alpha value is -0.960. The van der Waals surface area contributed by atoms with Gasteiger partial charge in [-0.05, 0) is 41.1 Å². The van der Waals surface area contributed by atoms with E-state index in [9.17, 15) is 0 Å². The van der Waals surface area contributed by atoms with E-state index in [2.05, 4.69) is 69.0 Å². The summed E-state index contributed by atoms with van der Waals surface area (Å²) in [5, 5.41) is 3.33. The molecule has 0 spiro atoms. The van der Waals surface area contributed by atoms with Crippen molar-refractivity contribution in [1.82, 2.24) is 14.8 Å². The molecule has 2 aromatic rings. The zero-order chi connectivity index (χ0) is 15.9. The van der Waals surface area contributed by atoms with Crippen LogP contribution >= 0.6 is 39.9 Å². The van der Waals surface area contributed by atoms with Crippen LogP contribution in [0.5, 0.6) is 0 Å². The number of hydrogen-bond acceptors (Lipinski definition) is 2. The third-order valence-corrected chi connectivity index (χ3v) is 3.80. The average Bonchev–Trinajstić information content (AvgIpc) is 3.08. The summed E-state index contributed by atoms with van der Waals surface area (Å²) in [5.41, 5.74) is 1.23. The average molecular weight is 495 g/mol. The second kappa shape index (κ2) is 10.0. The molecule has 0 bridgehead atoms. The van der Waals surface area contributed by atoms with Gasteiger partial charge < -0.3 is 19.2 Å². The minimum atomic E-state index is 0. The highest BCUT2D eigenvalue weighted by atomic mass is 127. The van der Waals surface area contributed by atoms with Crippen LogP contribution in [0.1, 0.15) is 18.4 Å². The molecular formula is C16H24BrIN4O. The molecule has 23 heavy (non-hydrogen) atoms. The standard InChI is InChI=1S/C16H23BrN4O.HI/c1-4-18-16(19-8-7-15-6-5-9-22-15)21(3)12-14-10-13(17)11-20(14)2;/h5-6,9-11H,4,7-8,12H2,1-3H3,(H,18,19);1H. The number of aromatic nitrogens is 1. The van der Waals surface area contributed by atoms with Crippen molar-refractivity contribution in [2.24, 2.45) is 12.0 Å². The van der Waals surface area contributed by atoms with Crippen molar-refractivity contribution in [3.8, 4) is 0 Å². The molecule has 0 saturated carbocycles. The summed E-state index contributed by atoms with van der Waals surface area (Å²) in [6.45, 7) is 4.43. The second-order valence-electron chi connectivity index (χ2n) is 5.18. The fourth-order valence-corrected chi connectivity index (χ4v) is 2.81. The van der Waals surface area contributed by atoms with Gasteiger partial charge in [0.05, 0.1) is 12.8 Å². The largest absolute Gasteiger partial charge is 0.469 e. The molecule has 0 saturated heterocycles. The Labute approximate surface area is 163 Å². The number of hydrogen-bond donors (Lipinski definition) is 1. The molecule has 2 heterocycles. The Balaban J connectivity index is 0.00000264. The van der Waals surface area contributed by atoms with E-state index in [1.807, 2.05) is 12.1 Å². The lowest BCUT2D eigenvalue weighted by Gasteiger charge is -2.22. The lowest BCUT2D eigenvalue weighted by molar-refractivity contribution is 0.460. The van der Waals surface area contributed by atoms with Crippen LogP contribution in [-0.2, 0) is 20.0 Å². The van der Waals surface area contributed by atoms with E-state index in [4.69, 9.17) is 4.42 Å². The summed E-state index contributed by atoms with van der Waals surface area (Å²) in [5.74, 6) is 1.87. The van der Waals surface area contributed by atoms with Crippen LogP contribution in [0.25, 0.3) is 0 Å². The van der Waals surface area contributed by atoms with Gasteiger partial charge in [-0.2, -0.15) is 0 Å². The van der Waals surface area contributed by atoms with E-state index in [0.29, 0.717) is 6.54 Å². The van der Waals surface area contributed by atoms with Gasteiger partial charge in [0.15, 0.2) is 5.96 Å². The van der Waals surface area contributed by atoms with Gasteiger partial charge in [-0.3, -0.25) is 4.99 Å². The summed E-state index contributed by atoms with van der Waals surface area (Å²) >= 11 is 3.51. The van der Waals surface area contributed by atoms with E-state index in [0.717, 1.165) is 35.7 Å². The lowest BCUT2D eigenvalue weighted by atomic mass is 10.3. The van der Waals surface area contributed by atoms with Crippen LogP contribution in [0, 0.1) is 0 Å². The highest BCUT2D eigenvalue weighted by molar-refractivity contribution is 14.0. The van der Waals surface area contributed by atoms with Gasteiger partial charge in [-0.15, -0.1) is 24.0 Å². The number of guanidine groups is 1. The van der Waals surface area contributed by atoms with Crippen LogP contribution < -0.4 is 5.32 Å². The van der Waals surface area contributed by atoms with Crippen LogP contribution in [0.3, 0.4) is 0 Å². The fraction of sp³-hybridized carbons (Fsp3) is 0.438.